The van der Waals surface area contributed by atoms with Crippen molar-refractivity contribution in [2.24, 2.45) is 0 Å². The lowest BCUT2D eigenvalue weighted by Crippen LogP contribution is -3.00. The van der Waals surface area contributed by atoms with Crippen LogP contribution >= 0.6 is 11.6 Å². The van der Waals surface area contributed by atoms with Gasteiger partial charge in [-0.2, -0.15) is 0 Å². The van der Waals surface area contributed by atoms with Gasteiger partial charge in [0.15, 0.2) is 0 Å². The second-order valence-corrected chi connectivity index (χ2v) is 5.98. The SMILES string of the molecule is CCCCCCC[N+](C)(CCCl)CCCCC.[Cl-]. The third kappa shape index (κ3) is 11.6. The van der Waals surface area contributed by atoms with E-state index in [2.05, 4.69) is 20.9 Å². The van der Waals surface area contributed by atoms with Gasteiger partial charge in [0.1, 0.15) is 0 Å². The van der Waals surface area contributed by atoms with Gasteiger partial charge in [-0.3, -0.25) is 0 Å². The van der Waals surface area contributed by atoms with E-state index in [9.17, 15) is 0 Å². The van der Waals surface area contributed by atoms with Gasteiger partial charge in [0.25, 0.3) is 0 Å². The van der Waals surface area contributed by atoms with Crippen molar-refractivity contribution in [2.75, 3.05) is 32.6 Å². The molecule has 0 saturated heterocycles. The summed E-state index contributed by atoms with van der Waals surface area (Å²) in [5.74, 6) is 0.803. The van der Waals surface area contributed by atoms with Crippen LogP contribution in [0.2, 0.25) is 0 Å². The Hall–Kier alpha value is 0.540. The summed E-state index contributed by atoms with van der Waals surface area (Å²) in [6.07, 6.45) is 11.0. The van der Waals surface area contributed by atoms with E-state index < -0.39 is 0 Å². The van der Waals surface area contributed by atoms with Crippen molar-refractivity contribution in [1.82, 2.24) is 0 Å². The number of hydrogen-bond acceptors (Lipinski definition) is 0. The molecule has 0 aliphatic heterocycles. The third-order valence-electron chi connectivity index (χ3n) is 3.73. The fraction of sp³-hybridized carbons (Fsp3) is 1.00. The first-order chi connectivity index (χ1) is 8.18. The van der Waals surface area contributed by atoms with Gasteiger partial charge in [0, 0.05) is 0 Å². The molecule has 1 unspecified atom stereocenters. The quantitative estimate of drug-likeness (QED) is 0.293. The maximum absolute atomic E-state index is 5.95. The Morgan fingerprint density at radius 3 is 1.67 bits per heavy atom. The van der Waals surface area contributed by atoms with Crippen molar-refractivity contribution < 1.29 is 16.9 Å². The molecular weight excluding hydrogens is 265 g/mol. The number of unbranched alkanes of at least 4 members (excludes halogenated alkanes) is 6. The van der Waals surface area contributed by atoms with Crippen molar-refractivity contribution in [3.05, 3.63) is 0 Å². The van der Waals surface area contributed by atoms with Gasteiger partial charge in [-0.15, -0.1) is 11.6 Å². The molecule has 112 valence electrons. The van der Waals surface area contributed by atoms with Crippen LogP contribution in [0.4, 0.5) is 0 Å². The molecule has 0 radical (unpaired) electrons. The van der Waals surface area contributed by atoms with Gasteiger partial charge in [0.05, 0.1) is 32.6 Å². The highest BCUT2D eigenvalue weighted by molar-refractivity contribution is 6.17. The third-order valence-corrected chi connectivity index (χ3v) is 3.90. The van der Waals surface area contributed by atoms with Gasteiger partial charge in [0.2, 0.25) is 0 Å². The molecule has 0 heterocycles. The molecule has 0 aliphatic carbocycles. The molecule has 0 aromatic heterocycles. The first-order valence-corrected chi connectivity index (χ1v) is 8.11. The summed E-state index contributed by atoms with van der Waals surface area (Å²) in [4.78, 5) is 0. The van der Waals surface area contributed by atoms with E-state index in [1.54, 1.807) is 0 Å². The first kappa shape index (κ1) is 20.8. The van der Waals surface area contributed by atoms with Crippen LogP contribution in [0.3, 0.4) is 0 Å². The van der Waals surface area contributed by atoms with Crippen LogP contribution in [0.25, 0.3) is 0 Å². The highest BCUT2D eigenvalue weighted by Gasteiger charge is 2.19. The average molecular weight is 298 g/mol. The smallest absolute Gasteiger partial charge is 0.0922 e. The molecule has 0 aromatic rings. The lowest BCUT2D eigenvalue weighted by atomic mass is 10.1. The summed E-state index contributed by atoms with van der Waals surface area (Å²) in [6, 6.07) is 0. The van der Waals surface area contributed by atoms with E-state index in [0.717, 1.165) is 12.4 Å². The Morgan fingerprint density at radius 1 is 0.722 bits per heavy atom. The van der Waals surface area contributed by atoms with E-state index in [-0.39, 0.29) is 12.4 Å². The maximum Gasteiger partial charge on any atom is 0.0922 e. The fourth-order valence-electron chi connectivity index (χ4n) is 2.38. The predicted molar refractivity (Wildman–Crippen MR) is 79.8 cm³/mol. The molecule has 0 fully saturated rings. The summed E-state index contributed by atoms with van der Waals surface area (Å²) >= 11 is 5.95. The number of hydrogen-bond donors (Lipinski definition) is 0. The van der Waals surface area contributed by atoms with Crippen molar-refractivity contribution in [3.8, 4) is 0 Å². The normalized spacial score (nSPS) is 14.0. The van der Waals surface area contributed by atoms with Crippen molar-refractivity contribution in [3.63, 3.8) is 0 Å². The molecule has 1 nitrogen and oxygen atoms in total. The van der Waals surface area contributed by atoms with Crippen LogP contribution < -0.4 is 12.4 Å². The van der Waals surface area contributed by atoms with E-state index in [1.807, 2.05) is 0 Å². The fourth-order valence-corrected chi connectivity index (χ4v) is 2.79. The summed E-state index contributed by atoms with van der Waals surface area (Å²) in [5, 5.41) is 0. The summed E-state index contributed by atoms with van der Waals surface area (Å²) in [7, 11) is 2.39. The summed E-state index contributed by atoms with van der Waals surface area (Å²) in [5.41, 5.74) is 0. The van der Waals surface area contributed by atoms with Crippen molar-refractivity contribution in [2.45, 2.75) is 65.2 Å². The van der Waals surface area contributed by atoms with Crippen LogP contribution in [-0.4, -0.2) is 37.0 Å². The highest BCUT2D eigenvalue weighted by atomic mass is 35.5. The molecule has 0 rings (SSSR count). The van der Waals surface area contributed by atoms with Crippen LogP contribution in [0, 0.1) is 0 Å². The van der Waals surface area contributed by atoms with E-state index in [0.29, 0.717) is 0 Å². The molecule has 3 heteroatoms. The molecule has 0 N–H and O–H groups in total. The number of rotatable bonds is 12. The molecule has 0 aliphatic rings. The second-order valence-electron chi connectivity index (χ2n) is 5.60. The Morgan fingerprint density at radius 2 is 1.17 bits per heavy atom. The molecule has 0 spiro atoms. The number of quaternary nitrogens is 1. The van der Waals surface area contributed by atoms with Crippen molar-refractivity contribution in [1.29, 1.82) is 0 Å². The maximum atomic E-state index is 5.95. The van der Waals surface area contributed by atoms with Gasteiger partial charge >= 0.3 is 0 Å². The molecule has 0 saturated carbocycles. The van der Waals surface area contributed by atoms with Crippen molar-refractivity contribution >= 4 is 11.6 Å². The Balaban J connectivity index is 0. The highest BCUT2D eigenvalue weighted by Crippen LogP contribution is 2.12. The minimum atomic E-state index is 0. The monoisotopic (exact) mass is 297 g/mol. The molecular formula is C15H33Cl2N. The van der Waals surface area contributed by atoms with Crippen LogP contribution in [0.15, 0.2) is 0 Å². The Bertz CT molecular complexity index is 165. The molecule has 1 atom stereocenters. The van der Waals surface area contributed by atoms with Gasteiger partial charge in [-0.05, 0) is 25.7 Å². The lowest BCUT2D eigenvalue weighted by molar-refractivity contribution is -0.907. The number of halogens is 2. The average Bonchev–Trinajstić information content (AvgIpc) is 2.29. The largest absolute Gasteiger partial charge is 1.00 e. The van der Waals surface area contributed by atoms with E-state index in [4.69, 9.17) is 11.6 Å². The first-order valence-electron chi connectivity index (χ1n) is 7.58. The predicted octanol–water partition coefficient (Wildman–Crippen LogP) is 1.84. The van der Waals surface area contributed by atoms with E-state index >= 15 is 0 Å². The van der Waals surface area contributed by atoms with Gasteiger partial charge in [-0.1, -0.05) is 39.5 Å². The van der Waals surface area contributed by atoms with Crippen LogP contribution in [-0.2, 0) is 0 Å². The van der Waals surface area contributed by atoms with Crippen LogP contribution in [0.5, 0.6) is 0 Å². The van der Waals surface area contributed by atoms with Gasteiger partial charge in [-0.25, -0.2) is 0 Å². The lowest BCUT2D eigenvalue weighted by Gasteiger charge is -2.34. The topological polar surface area (TPSA) is 0 Å². The number of nitrogens with zero attached hydrogens (tertiary/aromatic N) is 1. The zero-order valence-electron chi connectivity index (χ0n) is 12.7. The second kappa shape index (κ2) is 14.0. The van der Waals surface area contributed by atoms with Crippen LogP contribution in [0.1, 0.15) is 65.2 Å². The van der Waals surface area contributed by atoms with Gasteiger partial charge < -0.3 is 16.9 Å². The zero-order chi connectivity index (χ0) is 13.0. The molecule has 18 heavy (non-hydrogen) atoms. The molecule has 0 aromatic carbocycles. The minimum Gasteiger partial charge on any atom is -1.00 e. The molecule has 0 bridgehead atoms. The Kier molecular flexibility index (Phi) is 16.2. The Labute approximate surface area is 126 Å². The summed E-state index contributed by atoms with van der Waals surface area (Å²) < 4.78 is 1.19. The van der Waals surface area contributed by atoms with E-state index in [1.165, 1.54) is 68.9 Å². The number of alkyl halides is 1. The standard InChI is InChI=1S/C15H33ClN.ClH/c1-4-6-8-9-11-14-17(3,15-12-16)13-10-7-5-2;/h4-15H2,1-3H3;1H/q+1;/p-1. The minimum absolute atomic E-state index is 0. The zero-order valence-corrected chi connectivity index (χ0v) is 14.2. The summed E-state index contributed by atoms with van der Waals surface area (Å²) in [6.45, 7) is 8.32. The molecule has 0 amide bonds.